The molecule has 13 nitrogen and oxygen atoms in total. The number of esters is 1. The Kier molecular flexibility index (Phi) is 8.54. The van der Waals surface area contributed by atoms with Gasteiger partial charge in [-0.05, 0) is 6.42 Å². The van der Waals surface area contributed by atoms with E-state index in [1.54, 1.807) is 0 Å². The van der Waals surface area contributed by atoms with Crippen molar-refractivity contribution in [3.63, 3.8) is 0 Å². The lowest BCUT2D eigenvalue weighted by Gasteiger charge is -2.43. The van der Waals surface area contributed by atoms with Gasteiger partial charge in [0.05, 0.1) is 25.6 Å². The molecule has 0 aromatic carbocycles. The standard InChI is InChI=1S/C17H26O13S/c1-3-7-8(4-11(19)31(24,25)26)9(15(23)27-2)6-28-16(7)30-17-14(22)13(21)12(20)10(5-18)29-17/h3,6-8,10-14,16-22H,1,4-5H2,2H3,(H,24,25,26). The van der Waals surface area contributed by atoms with Crippen molar-refractivity contribution in [3.05, 3.63) is 24.5 Å². The minimum absolute atomic E-state index is 0.177. The number of aliphatic hydroxyl groups is 5. The molecule has 14 heteroatoms. The first-order valence-corrected chi connectivity index (χ1v) is 10.6. The summed E-state index contributed by atoms with van der Waals surface area (Å²) >= 11 is 0. The molecule has 1 fully saturated rings. The van der Waals surface area contributed by atoms with Crippen molar-refractivity contribution in [1.29, 1.82) is 0 Å². The van der Waals surface area contributed by atoms with Crippen molar-refractivity contribution in [3.8, 4) is 0 Å². The van der Waals surface area contributed by atoms with Crippen molar-refractivity contribution in [2.45, 2.75) is 48.9 Å². The highest BCUT2D eigenvalue weighted by molar-refractivity contribution is 7.86. The Bertz CT molecular complexity index is 779. The highest BCUT2D eigenvalue weighted by atomic mass is 32.2. The number of carbonyl (C=O) groups is 1. The van der Waals surface area contributed by atoms with E-state index in [2.05, 4.69) is 11.3 Å². The van der Waals surface area contributed by atoms with E-state index >= 15 is 0 Å². The zero-order chi connectivity index (χ0) is 23.5. The van der Waals surface area contributed by atoms with Gasteiger partial charge in [-0.3, -0.25) is 4.55 Å². The summed E-state index contributed by atoms with van der Waals surface area (Å²) in [6.07, 6.45) is -7.84. The first kappa shape index (κ1) is 25.6. The molecule has 0 radical (unpaired) electrons. The van der Waals surface area contributed by atoms with Gasteiger partial charge in [0.15, 0.2) is 11.7 Å². The average molecular weight is 470 g/mol. The summed E-state index contributed by atoms with van der Waals surface area (Å²) in [5.74, 6) is -3.04. The fourth-order valence-corrected chi connectivity index (χ4v) is 3.82. The molecule has 2 rings (SSSR count). The highest BCUT2D eigenvalue weighted by Gasteiger charge is 2.48. The van der Waals surface area contributed by atoms with E-state index in [0.717, 1.165) is 13.4 Å². The average Bonchev–Trinajstić information content (AvgIpc) is 2.72. The number of carbonyl (C=O) groups excluding carboxylic acids is 1. The SMILES string of the molecule is C=CC1C(OC2OC(CO)C(O)C(O)C2O)OC=C(C(=O)OC)C1CC(O)S(=O)(=O)O. The van der Waals surface area contributed by atoms with Gasteiger partial charge in [0.25, 0.3) is 10.1 Å². The normalized spacial score (nSPS) is 37.3. The topological polar surface area (TPSA) is 210 Å². The van der Waals surface area contributed by atoms with Gasteiger partial charge >= 0.3 is 5.97 Å². The van der Waals surface area contributed by atoms with Gasteiger partial charge in [-0.2, -0.15) is 8.42 Å². The zero-order valence-corrected chi connectivity index (χ0v) is 17.2. The van der Waals surface area contributed by atoms with Crippen LogP contribution in [0.3, 0.4) is 0 Å². The van der Waals surface area contributed by atoms with Crippen LogP contribution in [0, 0.1) is 11.8 Å². The van der Waals surface area contributed by atoms with Crippen molar-refractivity contribution in [2.75, 3.05) is 13.7 Å². The van der Waals surface area contributed by atoms with Gasteiger partial charge in [0.2, 0.25) is 6.29 Å². The Morgan fingerprint density at radius 3 is 2.42 bits per heavy atom. The van der Waals surface area contributed by atoms with E-state index < -0.39 is 83.4 Å². The van der Waals surface area contributed by atoms with Crippen molar-refractivity contribution < 1.29 is 62.2 Å². The lowest BCUT2D eigenvalue weighted by molar-refractivity contribution is -0.339. The summed E-state index contributed by atoms with van der Waals surface area (Å²) in [5, 5.41) is 49.0. The van der Waals surface area contributed by atoms with Gasteiger partial charge in [-0.1, -0.05) is 6.08 Å². The van der Waals surface area contributed by atoms with Crippen LogP contribution in [-0.2, 0) is 33.9 Å². The van der Waals surface area contributed by atoms with Crippen LogP contribution in [0.15, 0.2) is 24.5 Å². The number of hydrogen-bond acceptors (Lipinski definition) is 12. The second kappa shape index (κ2) is 10.3. The van der Waals surface area contributed by atoms with Crippen LogP contribution in [0.25, 0.3) is 0 Å². The molecule has 0 aromatic heterocycles. The predicted molar refractivity (Wildman–Crippen MR) is 99.2 cm³/mol. The monoisotopic (exact) mass is 470 g/mol. The van der Waals surface area contributed by atoms with Crippen LogP contribution in [0.1, 0.15) is 6.42 Å². The Labute approximate surface area is 177 Å². The van der Waals surface area contributed by atoms with E-state index in [-0.39, 0.29) is 5.57 Å². The Morgan fingerprint density at radius 1 is 1.26 bits per heavy atom. The van der Waals surface area contributed by atoms with Gasteiger partial charge in [0.1, 0.15) is 24.4 Å². The summed E-state index contributed by atoms with van der Waals surface area (Å²) < 4.78 is 52.4. The third-order valence-electron chi connectivity index (χ3n) is 5.12. The molecule has 9 atom stereocenters. The molecule has 31 heavy (non-hydrogen) atoms. The van der Waals surface area contributed by atoms with E-state index in [4.69, 9.17) is 18.8 Å². The molecular formula is C17H26O13S. The first-order chi connectivity index (χ1) is 14.5. The Balaban J connectivity index is 2.31. The lowest BCUT2D eigenvalue weighted by Crippen LogP contribution is -2.60. The second-order valence-corrected chi connectivity index (χ2v) is 8.60. The maximum Gasteiger partial charge on any atom is 0.337 e. The molecule has 2 aliphatic heterocycles. The summed E-state index contributed by atoms with van der Waals surface area (Å²) in [7, 11) is -3.79. The van der Waals surface area contributed by atoms with Gasteiger partial charge in [-0.15, -0.1) is 6.58 Å². The fraction of sp³-hybridized carbons (Fsp3) is 0.706. The van der Waals surface area contributed by atoms with Gasteiger partial charge < -0.3 is 44.5 Å². The molecule has 9 unspecified atom stereocenters. The van der Waals surface area contributed by atoms with E-state index in [9.17, 15) is 38.7 Å². The minimum Gasteiger partial charge on any atom is -0.471 e. The lowest BCUT2D eigenvalue weighted by atomic mass is 9.81. The van der Waals surface area contributed by atoms with Crippen molar-refractivity contribution in [2.24, 2.45) is 11.8 Å². The molecule has 0 amide bonds. The van der Waals surface area contributed by atoms with Crippen molar-refractivity contribution >= 4 is 16.1 Å². The van der Waals surface area contributed by atoms with Gasteiger partial charge in [0, 0.05) is 11.8 Å². The quantitative estimate of drug-likeness (QED) is 0.121. The number of rotatable bonds is 8. The van der Waals surface area contributed by atoms with Crippen LogP contribution >= 0.6 is 0 Å². The number of ether oxygens (including phenoxy) is 4. The highest BCUT2D eigenvalue weighted by Crippen LogP contribution is 2.38. The van der Waals surface area contributed by atoms with Crippen molar-refractivity contribution in [1.82, 2.24) is 0 Å². The zero-order valence-electron chi connectivity index (χ0n) is 16.4. The van der Waals surface area contributed by atoms with Crippen LogP contribution in [0.2, 0.25) is 0 Å². The second-order valence-electron chi connectivity index (χ2n) is 7.03. The van der Waals surface area contributed by atoms with Crippen LogP contribution in [0.4, 0.5) is 0 Å². The summed E-state index contributed by atoms with van der Waals surface area (Å²) in [6.45, 7) is 2.88. The molecule has 2 heterocycles. The predicted octanol–water partition coefficient (Wildman–Crippen LogP) is -2.77. The molecule has 1 saturated heterocycles. The maximum absolute atomic E-state index is 12.1. The molecule has 0 aromatic rings. The van der Waals surface area contributed by atoms with Crippen LogP contribution in [0.5, 0.6) is 0 Å². The largest absolute Gasteiger partial charge is 0.471 e. The molecule has 178 valence electrons. The molecule has 0 bridgehead atoms. The summed E-state index contributed by atoms with van der Waals surface area (Å²) in [6, 6.07) is 0. The molecule has 6 N–H and O–H groups in total. The summed E-state index contributed by atoms with van der Waals surface area (Å²) in [5.41, 5.74) is -2.43. The fourth-order valence-electron chi connectivity index (χ4n) is 3.37. The maximum atomic E-state index is 12.1. The van der Waals surface area contributed by atoms with E-state index in [1.165, 1.54) is 6.08 Å². The van der Waals surface area contributed by atoms with Gasteiger partial charge in [-0.25, -0.2) is 4.79 Å². The van der Waals surface area contributed by atoms with Crippen LogP contribution in [-0.4, -0.2) is 101 Å². The molecule has 0 saturated carbocycles. The first-order valence-electron chi connectivity index (χ1n) is 9.13. The molecule has 0 aliphatic carbocycles. The molecule has 0 spiro atoms. The Hall–Kier alpha value is -1.62. The number of methoxy groups -OCH3 is 1. The Morgan fingerprint density at radius 2 is 1.90 bits per heavy atom. The van der Waals surface area contributed by atoms with E-state index in [0.29, 0.717) is 0 Å². The van der Waals surface area contributed by atoms with E-state index in [1.807, 2.05) is 0 Å². The third kappa shape index (κ3) is 5.60. The minimum atomic E-state index is -4.86. The number of aliphatic hydroxyl groups excluding tert-OH is 5. The number of hydrogen-bond donors (Lipinski definition) is 6. The summed E-state index contributed by atoms with van der Waals surface area (Å²) in [4.78, 5) is 12.1. The smallest absolute Gasteiger partial charge is 0.337 e. The molecule has 2 aliphatic rings. The van der Waals surface area contributed by atoms with Crippen LogP contribution < -0.4 is 0 Å². The molecular weight excluding hydrogens is 444 g/mol. The third-order valence-corrected chi connectivity index (χ3v) is 6.00.